The summed E-state index contributed by atoms with van der Waals surface area (Å²) < 4.78 is 0. The summed E-state index contributed by atoms with van der Waals surface area (Å²) in [5, 5.41) is 3.19. The topological polar surface area (TPSA) is 68.0 Å². The third kappa shape index (κ3) is 2.49. The Balaban J connectivity index is 2.18. The lowest BCUT2D eigenvalue weighted by Gasteiger charge is -2.25. The fraction of sp³-hybridized carbons (Fsp3) is 0.538. The van der Waals surface area contributed by atoms with Crippen LogP contribution in [0.25, 0.3) is 0 Å². The molecule has 0 saturated heterocycles. The number of aryl methyl sites for hydroxylation is 1. The molecule has 1 heterocycles. The molecule has 1 saturated carbocycles. The van der Waals surface area contributed by atoms with Crippen LogP contribution >= 0.6 is 11.6 Å². The number of carbonyl (C=O) groups is 1. The normalized spacial score (nSPS) is 17.7. The maximum Gasteiger partial charge on any atom is 0.231 e. The van der Waals surface area contributed by atoms with Crippen molar-refractivity contribution in [3.8, 4) is 0 Å². The number of hydrogen-bond acceptors (Lipinski definition) is 3. The molecule has 1 aliphatic rings. The lowest BCUT2D eigenvalue weighted by Crippen LogP contribution is -2.40. The molecule has 0 radical (unpaired) electrons. The van der Waals surface area contributed by atoms with Crippen LogP contribution in [-0.2, 0) is 4.79 Å². The molecular formula is C13H18ClN3O. The van der Waals surface area contributed by atoms with E-state index in [1.807, 2.05) is 13.0 Å². The van der Waals surface area contributed by atoms with E-state index in [0.29, 0.717) is 17.4 Å². The number of rotatable bonds is 3. The summed E-state index contributed by atoms with van der Waals surface area (Å²) >= 11 is 5.98. The average Bonchev–Trinajstić information content (AvgIpc) is 2.84. The molecule has 1 aliphatic carbocycles. The van der Waals surface area contributed by atoms with Crippen molar-refractivity contribution >= 4 is 23.2 Å². The van der Waals surface area contributed by atoms with Gasteiger partial charge in [0.05, 0.1) is 11.1 Å². The fourth-order valence-electron chi connectivity index (χ4n) is 2.47. The van der Waals surface area contributed by atoms with Gasteiger partial charge < -0.3 is 11.1 Å². The van der Waals surface area contributed by atoms with Crippen molar-refractivity contribution < 1.29 is 4.79 Å². The van der Waals surface area contributed by atoms with Crippen molar-refractivity contribution in [2.75, 3.05) is 11.9 Å². The second kappa shape index (κ2) is 5.24. The molecule has 1 fully saturated rings. The Morgan fingerprint density at radius 1 is 1.56 bits per heavy atom. The van der Waals surface area contributed by atoms with E-state index in [2.05, 4.69) is 10.3 Å². The number of amides is 1. The summed E-state index contributed by atoms with van der Waals surface area (Å²) in [5.41, 5.74) is 6.89. The highest BCUT2D eigenvalue weighted by molar-refractivity contribution is 6.32. The molecule has 5 heteroatoms. The van der Waals surface area contributed by atoms with Gasteiger partial charge in [0.25, 0.3) is 0 Å². The van der Waals surface area contributed by atoms with Crippen LogP contribution in [0.3, 0.4) is 0 Å². The number of nitrogens with two attached hydrogens (primary N) is 1. The van der Waals surface area contributed by atoms with Crippen LogP contribution in [0.2, 0.25) is 5.15 Å². The lowest BCUT2D eigenvalue weighted by atomic mass is 9.85. The van der Waals surface area contributed by atoms with Crippen LogP contribution < -0.4 is 11.1 Å². The van der Waals surface area contributed by atoms with Gasteiger partial charge in [-0.1, -0.05) is 24.4 Å². The summed E-state index contributed by atoms with van der Waals surface area (Å²) in [6.07, 6.45) is 5.50. The molecule has 1 amide bonds. The van der Waals surface area contributed by atoms with Gasteiger partial charge in [0.2, 0.25) is 5.91 Å². The largest absolute Gasteiger partial charge is 0.329 e. The van der Waals surface area contributed by atoms with Crippen LogP contribution in [0.5, 0.6) is 0 Å². The van der Waals surface area contributed by atoms with Crippen molar-refractivity contribution in [1.29, 1.82) is 0 Å². The molecule has 18 heavy (non-hydrogen) atoms. The number of pyridine rings is 1. The summed E-state index contributed by atoms with van der Waals surface area (Å²) in [6, 6.07) is 1.83. The van der Waals surface area contributed by atoms with Crippen LogP contribution in [0, 0.1) is 12.3 Å². The Hall–Kier alpha value is -1.13. The fourth-order valence-corrected chi connectivity index (χ4v) is 2.62. The molecule has 98 valence electrons. The zero-order valence-electron chi connectivity index (χ0n) is 10.5. The van der Waals surface area contributed by atoms with Crippen molar-refractivity contribution in [3.05, 3.63) is 23.0 Å². The predicted octanol–water partition coefficient (Wildman–Crippen LogP) is 2.50. The van der Waals surface area contributed by atoms with Gasteiger partial charge in [-0.2, -0.15) is 0 Å². The van der Waals surface area contributed by atoms with Gasteiger partial charge >= 0.3 is 0 Å². The number of anilines is 1. The minimum absolute atomic E-state index is 0.0307. The Labute approximate surface area is 112 Å². The van der Waals surface area contributed by atoms with Gasteiger partial charge in [0.15, 0.2) is 5.15 Å². The first-order valence-corrected chi connectivity index (χ1v) is 6.59. The minimum Gasteiger partial charge on any atom is -0.329 e. The highest BCUT2D eigenvalue weighted by Gasteiger charge is 2.39. The molecule has 1 aromatic heterocycles. The van der Waals surface area contributed by atoms with Gasteiger partial charge in [-0.25, -0.2) is 4.98 Å². The second-order valence-electron chi connectivity index (χ2n) is 5.00. The van der Waals surface area contributed by atoms with E-state index in [-0.39, 0.29) is 5.91 Å². The second-order valence-corrected chi connectivity index (χ2v) is 5.35. The number of nitrogens with one attached hydrogen (secondary N) is 1. The Morgan fingerprint density at radius 2 is 2.22 bits per heavy atom. The van der Waals surface area contributed by atoms with E-state index in [4.69, 9.17) is 17.3 Å². The molecule has 4 nitrogen and oxygen atoms in total. The van der Waals surface area contributed by atoms with E-state index in [9.17, 15) is 4.79 Å². The number of hydrogen-bond donors (Lipinski definition) is 2. The number of carbonyl (C=O) groups excluding carboxylic acids is 1. The van der Waals surface area contributed by atoms with E-state index < -0.39 is 5.41 Å². The highest BCUT2D eigenvalue weighted by atomic mass is 35.5. The van der Waals surface area contributed by atoms with Crippen molar-refractivity contribution in [2.45, 2.75) is 32.6 Å². The first-order valence-electron chi connectivity index (χ1n) is 6.21. The maximum absolute atomic E-state index is 12.4. The van der Waals surface area contributed by atoms with E-state index in [1.54, 1.807) is 6.20 Å². The highest BCUT2D eigenvalue weighted by Crippen LogP contribution is 2.38. The predicted molar refractivity (Wildman–Crippen MR) is 72.6 cm³/mol. The average molecular weight is 268 g/mol. The monoisotopic (exact) mass is 267 g/mol. The summed E-state index contributed by atoms with van der Waals surface area (Å²) in [6.45, 7) is 2.29. The van der Waals surface area contributed by atoms with Crippen molar-refractivity contribution in [1.82, 2.24) is 4.98 Å². The molecule has 2 rings (SSSR count). The van der Waals surface area contributed by atoms with Crippen LogP contribution in [0.15, 0.2) is 12.3 Å². The van der Waals surface area contributed by atoms with E-state index >= 15 is 0 Å². The third-order valence-electron chi connectivity index (χ3n) is 3.66. The van der Waals surface area contributed by atoms with E-state index in [0.717, 1.165) is 31.2 Å². The molecule has 0 aliphatic heterocycles. The number of nitrogens with zero attached hydrogens (tertiary/aromatic N) is 1. The summed E-state index contributed by atoms with van der Waals surface area (Å²) in [5.74, 6) is -0.0307. The van der Waals surface area contributed by atoms with Crippen molar-refractivity contribution in [3.63, 3.8) is 0 Å². The Kier molecular flexibility index (Phi) is 3.88. The van der Waals surface area contributed by atoms with Gasteiger partial charge in [-0.05, 0) is 31.4 Å². The van der Waals surface area contributed by atoms with Crippen LogP contribution in [0.1, 0.15) is 31.2 Å². The zero-order valence-corrected chi connectivity index (χ0v) is 11.3. The minimum atomic E-state index is -0.424. The molecule has 0 bridgehead atoms. The molecule has 0 atom stereocenters. The zero-order chi connectivity index (χ0) is 13.2. The number of halogens is 1. The Morgan fingerprint density at radius 3 is 2.83 bits per heavy atom. The molecular weight excluding hydrogens is 250 g/mol. The molecule has 1 aromatic rings. The third-order valence-corrected chi connectivity index (χ3v) is 3.96. The molecule has 0 spiro atoms. The summed E-state index contributed by atoms with van der Waals surface area (Å²) in [4.78, 5) is 16.4. The van der Waals surface area contributed by atoms with Crippen LogP contribution in [0.4, 0.5) is 5.69 Å². The van der Waals surface area contributed by atoms with Gasteiger partial charge in [-0.3, -0.25) is 4.79 Å². The van der Waals surface area contributed by atoms with E-state index in [1.165, 1.54) is 0 Å². The quantitative estimate of drug-likeness (QED) is 0.827. The SMILES string of the molecule is Cc1cnc(Cl)c(NC(=O)C2(CN)CCCC2)c1. The first kappa shape index (κ1) is 13.3. The van der Waals surface area contributed by atoms with Crippen LogP contribution in [-0.4, -0.2) is 17.4 Å². The standard InChI is InChI=1S/C13H18ClN3O/c1-9-6-10(11(14)16-7-9)17-12(18)13(8-15)4-2-3-5-13/h6-7H,2-5,8,15H2,1H3,(H,17,18). The molecule has 3 N–H and O–H groups in total. The smallest absolute Gasteiger partial charge is 0.231 e. The number of aromatic nitrogens is 1. The maximum atomic E-state index is 12.4. The van der Waals surface area contributed by atoms with Gasteiger partial charge in [-0.15, -0.1) is 0 Å². The van der Waals surface area contributed by atoms with Gasteiger partial charge in [0, 0.05) is 12.7 Å². The molecule has 0 unspecified atom stereocenters. The summed E-state index contributed by atoms with van der Waals surface area (Å²) in [7, 11) is 0. The molecule has 0 aromatic carbocycles. The first-order chi connectivity index (χ1) is 8.57. The van der Waals surface area contributed by atoms with Gasteiger partial charge in [0.1, 0.15) is 0 Å². The lowest BCUT2D eigenvalue weighted by molar-refractivity contribution is -0.124. The Bertz CT molecular complexity index is 456. The van der Waals surface area contributed by atoms with Crippen molar-refractivity contribution in [2.24, 2.45) is 11.1 Å².